The molecule has 0 aliphatic heterocycles. The Morgan fingerprint density at radius 2 is 1.86 bits per heavy atom. The maximum atomic E-state index is 13.3. The highest BCUT2D eigenvalue weighted by molar-refractivity contribution is 6.10. The summed E-state index contributed by atoms with van der Waals surface area (Å²) in [5, 5.41) is 6.30. The van der Waals surface area contributed by atoms with Crippen molar-refractivity contribution >= 4 is 40.1 Å². The lowest BCUT2D eigenvalue weighted by Gasteiger charge is -2.13. The molecule has 174 valence electrons. The van der Waals surface area contributed by atoms with Crippen LogP contribution in [0.3, 0.4) is 0 Å². The minimum Gasteiger partial charge on any atom is -0.497 e. The van der Waals surface area contributed by atoms with Gasteiger partial charge in [-0.3, -0.25) is 14.6 Å². The number of amides is 2. The number of carbonyl (C=O) groups excluding carboxylic acids is 2. The van der Waals surface area contributed by atoms with E-state index in [4.69, 9.17) is 9.72 Å². The molecule has 7 heteroatoms. The van der Waals surface area contributed by atoms with E-state index in [-0.39, 0.29) is 18.4 Å². The van der Waals surface area contributed by atoms with Crippen LogP contribution in [0.1, 0.15) is 33.6 Å². The van der Waals surface area contributed by atoms with Gasteiger partial charge in [-0.05, 0) is 65.9 Å². The lowest BCUT2D eigenvalue weighted by atomic mass is 10.00. The second-order valence-corrected chi connectivity index (χ2v) is 8.25. The second kappa shape index (κ2) is 9.77. The van der Waals surface area contributed by atoms with Crippen molar-refractivity contribution in [2.24, 2.45) is 0 Å². The van der Waals surface area contributed by atoms with E-state index in [1.807, 2.05) is 48.5 Å². The molecule has 0 saturated carbocycles. The van der Waals surface area contributed by atoms with E-state index in [1.54, 1.807) is 31.6 Å². The quantitative estimate of drug-likeness (QED) is 0.439. The third-order valence-corrected chi connectivity index (χ3v) is 5.98. The number of nitrogens with zero attached hydrogens (tertiary/aromatic N) is 2. The van der Waals surface area contributed by atoms with Gasteiger partial charge in [0.2, 0.25) is 5.91 Å². The van der Waals surface area contributed by atoms with Crippen LogP contribution in [0.4, 0.5) is 5.69 Å². The van der Waals surface area contributed by atoms with Gasteiger partial charge in [0.15, 0.2) is 0 Å². The number of carbonyl (C=O) groups is 2. The maximum Gasteiger partial charge on any atom is 0.252 e. The number of rotatable bonds is 6. The van der Waals surface area contributed by atoms with Crippen molar-refractivity contribution in [3.8, 4) is 5.75 Å². The summed E-state index contributed by atoms with van der Waals surface area (Å²) in [6.07, 6.45) is 6.78. The zero-order valence-electron chi connectivity index (χ0n) is 19.2. The van der Waals surface area contributed by atoms with Gasteiger partial charge >= 0.3 is 0 Å². The molecule has 0 unspecified atom stereocenters. The van der Waals surface area contributed by atoms with Crippen LogP contribution in [-0.4, -0.2) is 35.4 Å². The minimum atomic E-state index is -0.318. The zero-order valence-corrected chi connectivity index (χ0v) is 19.2. The van der Waals surface area contributed by atoms with E-state index in [0.29, 0.717) is 17.7 Å². The number of hydrogen-bond donors (Lipinski definition) is 2. The smallest absolute Gasteiger partial charge is 0.252 e. The fraction of sp³-hybridized carbons (Fsp3) is 0.143. The molecule has 5 rings (SSSR count). The summed E-state index contributed by atoms with van der Waals surface area (Å²) >= 11 is 0. The molecule has 2 aromatic carbocycles. The van der Waals surface area contributed by atoms with Crippen LogP contribution >= 0.6 is 0 Å². The number of aromatic nitrogens is 2. The predicted molar refractivity (Wildman–Crippen MR) is 136 cm³/mol. The van der Waals surface area contributed by atoms with Gasteiger partial charge in [0.25, 0.3) is 5.91 Å². The van der Waals surface area contributed by atoms with Gasteiger partial charge < -0.3 is 15.4 Å². The number of para-hydroxylation sites is 1. The molecule has 0 bridgehead atoms. The summed E-state index contributed by atoms with van der Waals surface area (Å²) in [6, 6.07) is 18.9. The van der Waals surface area contributed by atoms with E-state index in [2.05, 4.69) is 21.7 Å². The van der Waals surface area contributed by atoms with Gasteiger partial charge in [0, 0.05) is 11.6 Å². The molecule has 1 aliphatic rings. The standard InChI is InChI=1S/C28H24N4O3/c1-35-21-11-8-18(9-12-21)15-19-10-13-23-26(22-6-2-3-7-24(22)32-27(19)23)28(34)30-17-25(33)31-20-5-4-14-29-16-20/h2-9,11-12,14-16H,10,13,17H2,1H3,(H,30,34)(H,31,33)/b19-15-. The monoisotopic (exact) mass is 464 g/mol. The maximum absolute atomic E-state index is 13.3. The highest BCUT2D eigenvalue weighted by atomic mass is 16.5. The summed E-state index contributed by atoms with van der Waals surface area (Å²) < 4.78 is 5.25. The predicted octanol–water partition coefficient (Wildman–Crippen LogP) is 4.49. The van der Waals surface area contributed by atoms with E-state index in [1.165, 1.54) is 0 Å². The molecule has 1 aliphatic carbocycles. The number of fused-ring (bicyclic) bond motifs is 2. The van der Waals surface area contributed by atoms with Crippen LogP contribution in [-0.2, 0) is 11.2 Å². The van der Waals surface area contributed by atoms with Crippen molar-refractivity contribution in [1.82, 2.24) is 15.3 Å². The Morgan fingerprint density at radius 3 is 2.63 bits per heavy atom. The van der Waals surface area contributed by atoms with Crippen molar-refractivity contribution in [2.45, 2.75) is 12.8 Å². The van der Waals surface area contributed by atoms with Crippen molar-refractivity contribution in [3.63, 3.8) is 0 Å². The summed E-state index contributed by atoms with van der Waals surface area (Å²) in [5.74, 6) is 0.197. The minimum absolute atomic E-state index is 0.145. The zero-order chi connectivity index (χ0) is 24.2. The summed E-state index contributed by atoms with van der Waals surface area (Å²) in [7, 11) is 1.64. The average molecular weight is 465 g/mol. The third-order valence-electron chi connectivity index (χ3n) is 5.98. The number of allylic oxidation sites excluding steroid dienone is 1. The average Bonchev–Trinajstić information content (AvgIpc) is 3.28. The summed E-state index contributed by atoms with van der Waals surface area (Å²) in [6.45, 7) is -0.145. The van der Waals surface area contributed by atoms with E-state index in [9.17, 15) is 9.59 Å². The third kappa shape index (κ3) is 4.75. The highest BCUT2D eigenvalue weighted by Crippen LogP contribution is 2.37. The first-order valence-electron chi connectivity index (χ1n) is 11.4. The molecule has 7 nitrogen and oxygen atoms in total. The summed E-state index contributed by atoms with van der Waals surface area (Å²) in [4.78, 5) is 34.6. The molecule has 4 aromatic rings. The van der Waals surface area contributed by atoms with Crippen LogP contribution in [0.2, 0.25) is 0 Å². The van der Waals surface area contributed by atoms with Crippen LogP contribution in [0.15, 0.2) is 73.1 Å². The largest absolute Gasteiger partial charge is 0.497 e. The second-order valence-electron chi connectivity index (χ2n) is 8.25. The molecule has 2 aromatic heterocycles. The molecule has 0 fully saturated rings. The molecular formula is C28H24N4O3. The van der Waals surface area contributed by atoms with Crippen molar-refractivity contribution in [2.75, 3.05) is 19.0 Å². The molecule has 0 saturated heterocycles. The molecule has 0 atom stereocenters. The fourth-order valence-electron chi connectivity index (χ4n) is 4.33. The first-order chi connectivity index (χ1) is 17.1. The molecule has 0 radical (unpaired) electrons. The topological polar surface area (TPSA) is 93.2 Å². The number of hydrogen-bond acceptors (Lipinski definition) is 5. The Kier molecular flexibility index (Phi) is 6.22. The number of methoxy groups -OCH3 is 1. The first-order valence-corrected chi connectivity index (χ1v) is 11.4. The van der Waals surface area contributed by atoms with E-state index in [0.717, 1.165) is 45.5 Å². The Morgan fingerprint density at radius 1 is 1.03 bits per heavy atom. The SMILES string of the molecule is COc1ccc(/C=C2/CCc3c2nc2ccccc2c3C(=O)NCC(=O)Nc2cccnc2)cc1. The van der Waals surface area contributed by atoms with Crippen LogP contribution in [0.5, 0.6) is 5.75 Å². The molecule has 2 heterocycles. The lowest BCUT2D eigenvalue weighted by molar-refractivity contribution is -0.115. The fourth-order valence-corrected chi connectivity index (χ4v) is 4.33. The normalized spacial score (nSPS) is 13.5. The van der Waals surface area contributed by atoms with Gasteiger partial charge in [-0.2, -0.15) is 0 Å². The molecule has 2 amide bonds. The Hall–Kier alpha value is -4.52. The van der Waals surface area contributed by atoms with Crippen molar-refractivity contribution in [3.05, 3.63) is 95.4 Å². The number of benzene rings is 2. The van der Waals surface area contributed by atoms with Gasteiger partial charge in [0.05, 0.1) is 42.3 Å². The van der Waals surface area contributed by atoms with Crippen molar-refractivity contribution in [1.29, 1.82) is 0 Å². The van der Waals surface area contributed by atoms with Gasteiger partial charge in [0.1, 0.15) is 5.75 Å². The lowest BCUT2D eigenvalue weighted by Crippen LogP contribution is -2.33. The van der Waals surface area contributed by atoms with Crippen LogP contribution in [0, 0.1) is 0 Å². The molecule has 0 spiro atoms. The molecule has 35 heavy (non-hydrogen) atoms. The number of pyridine rings is 2. The number of anilines is 1. The van der Waals surface area contributed by atoms with Crippen molar-refractivity contribution < 1.29 is 14.3 Å². The number of nitrogens with one attached hydrogen (secondary N) is 2. The molecular weight excluding hydrogens is 440 g/mol. The number of ether oxygens (including phenoxy) is 1. The van der Waals surface area contributed by atoms with Gasteiger partial charge in [-0.1, -0.05) is 30.3 Å². The Balaban J connectivity index is 1.44. The Labute approximate surface area is 202 Å². The highest BCUT2D eigenvalue weighted by Gasteiger charge is 2.27. The summed E-state index contributed by atoms with van der Waals surface area (Å²) in [5.41, 5.74) is 5.78. The van der Waals surface area contributed by atoms with Crippen LogP contribution < -0.4 is 15.4 Å². The van der Waals surface area contributed by atoms with Gasteiger partial charge in [-0.25, -0.2) is 4.98 Å². The Bertz CT molecular complexity index is 1430. The van der Waals surface area contributed by atoms with E-state index < -0.39 is 0 Å². The van der Waals surface area contributed by atoms with Crippen LogP contribution in [0.25, 0.3) is 22.6 Å². The van der Waals surface area contributed by atoms with Gasteiger partial charge in [-0.15, -0.1) is 0 Å². The first kappa shape index (κ1) is 22.3. The van der Waals surface area contributed by atoms with E-state index >= 15 is 0 Å². The molecule has 2 N–H and O–H groups in total.